The summed E-state index contributed by atoms with van der Waals surface area (Å²) in [6.45, 7) is 8.32. The second-order valence-corrected chi connectivity index (χ2v) is 16.7. The first kappa shape index (κ1) is 49.7. The lowest BCUT2D eigenvalue weighted by Gasteiger charge is -2.32. The highest BCUT2D eigenvalue weighted by Crippen LogP contribution is 2.41. The lowest BCUT2D eigenvalue weighted by atomic mass is 9.88. The van der Waals surface area contributed by atoms with Crippen LogP contribution in [0.4, 0.5) is 0 Å². The molecule has 0 unspecified atom stereocenters. The van der Waals surface area contributed by atoms with Crippen LogP contribution >= 0.6 is 0 Å². The number of nitrogens with zero attached hydrogens (tertiary/aromatic N) is 4. The molecule has 0 saturated heterocycles. The quantitative estimate of drug-likeness (QED) is 0.0875. The summed E-state index contributed by atoms with van der Waals surface area (Å²) in [5.41, 5.74) is 23.8. The van der Waals surface area contributed by atoms with Gasteiger partial charge in [-0.2, -0.15) is 5.26 Å². The van der Waals surface area contributed by atoms with Crippen LogP contribution in [-0.2, 0) is 32.0 Å². The van der Waals surface area contributed by atoms with E-state index in [2.05, 4.69) is 29.4 Å². The molecule has 1 aliphatic rings. The standard InChI is InChI=1S/C50H62N8O7/c1-6-8-33-10-13-37(30(2)23-33)48-55-29-40(32(4)56-48)43(60)28-36(16-18-52)50(63)58(5)47-35-12-15-46(65-22-20-54)39(27-35)38-25-34(11-14-45(38)64-21-19-53)26-41(42(59)9-7-17-51)57-49(62)31(3)24-44(47)61/h10-15,23,25,27,29,31,36,41,47H,6-9,16,18-22,24,26,28,52-54H2,1-5H3,(H,57,62)/t31-,36-,41+,47+/m1/s1. The number of ether oxygens (including phenoxy) is 2. The molecule has 4 aromatic rings. The minimum absolute atomic E-state index is 0.0304. The van der Waals surface area contributed by atoms with Crippen molar-refractivity contribution < 1.29 is 33.4 Å². The fourth-order valence-corrected chi connectivity index (χ4v) is 8.27. The zero-order chi connectivity index (χ0) is 47.2. The third-order valence-electron chi connectivity index (χ3n) is 11.7. The van der Waals surface area contributed by atoms with Crippen LogP contribution in [0.1, 0.15) is 96.7 Å². The molecular formula is C50H62N8O7. The summed E-state index contributed by atoms with van der Waals surface area (Å²) in [5, 5.41) is 12.1. The van der Waals surface area contributed by atoms with Gasteiger partial charge in [0.05, 0.1) is 23.4 Å². The van der Waals surface area contributed by atoms with Gasteiger partial charge in [-0.3, -0.25) is 24.0 Å². The number of aryl methyl sites for hydroxylation is 3. The van der Waals surface area contributed by atoms with Crippen LogP contribution in [0.15, 0.2) is 60.8 Å². The summed E-state index contributed by atoms with van der Waals surface area (Å²) in [6.07, 6.45) is 3.11. The van der Waals surface area contributed by atoms with Gasteiger partial charge in [0.1, 0.15) is 30.8 Å². The number of nitrogens with one attached hydrogen (secondary N) is 1. The Morgan fingerprint density at radius 1 is 0.923 bits per heavy atom. The van der Waals surface area contributed by atoms with E-state index in [1.165, 1.54) is 23.7 Å². The molecule has 0 aliphatic carbocycles. The topological polar surface area (TPSA) is 247 Å². The van der Waals surface area contributed by atoms with Crippen molar-refractivity contribution in [2.75, 3.05) is 39.9 Å². The van der Waals surface area contributed by atoms with E-state index in [1.54, 1.807) is 44.2 Å². The van der Waals surface area contributed by atoms with Crippen molar-refractivity contribution in [2.24, 2.45) is 29.0 Å². The molecule has 0 spiro atoms. The Hall–Kier alpha value is -6.34. The molecule has 3 aromatic carbocycles. The van der Waals surface area contributed by atoms with Crippen molar-refractivity contribution in [1.29, 1.82) is 5.26 Å². The number of carbonyl (C=O) groups excluding carboxylic acids is 5. The fraction of sp³-hybridized carbons (Fsp3) is 0.440. The van der Waals surface area contributed by atoms with Crippen LogP contribution in [-0.4, -0.2) is 90.0 Å². The van der Waals surface area contributed by atoms with Crippen molar-refractivity contribution in [3.63, 3.8) is 0 Å². The lowest BCUT2D eigenvalue weighted by molar-refractivity contribution is -0.142. The average Bonchev–Trinajstić information content (AvgIpc) is 3.28. The smallest absolute Gasteiger partial charge is 0.226 e. The summed E-state index contributed by atoms with van der Waals surface area (Å²) in [5.74, 6) is -2.67. The zero-order valence-corrected chi connectivity index (χ0v) is 38.2. The van der Waals surface area contributed by atoms with Crippen molar-refractivity contribution in [1.82, 2.24) is 20.2 Å². The number of benzene rings is 3. The van der Waals surface area contributed by atoms with Crippen LogP contribution in [0.2, 0.25) is 0 Å². The number of rotatable bonds is 19. The minimum Gasteiger partial charge on any atom is -0.492 e. The van der Waals surface area contributed by atoms with Gasteiger partial charge in [-0.15, -0.1) is 0 Å². The van der Waals surface area contributed by atoms with E-state index in [1.807, 2.05) is 25.1 Å². The number of ketones is 3. The molecule has 0 fully saturated rings. The molecule has 0 radical (unpaired) electrons. The maximum atomic E-state index is 14.7. The molecule has 344 valence electrons. The molecule has 2 heterocycles. The molecule has 15 heteroatoms. The maximum absolute atomic E-state index is 14.7. The summed E-state index contributed by atoms with van der Waals surface area (Å²) in [4.78, 5) is 81.4. The number of fused-ring (bicyclic) bond motifs is 5. The molecule has 7 N–H and O–H groups in total. The van der Waals surface area contributed by atoms with Gasteiger partial charge >= 0.3 is 0 Å². The number of hydrogen-bond acceptors (Lipinski definition) is 13. The van der Waals surface area contributed by atoms with E-state index in [0.29, 0.717) is 45.3 Å². The Kier molecular flexibility index (Phi) is 18.0. The predicted molar refractivity (Wildman–Crippen MR) is 248 cm³/mol. The Labute approximate surface area is 381 Å². The van der Waals surface area contributed by atoms with Crippen LogP contribution in [0, 0.1) is 37.0 Å². The highest BCUT2D eigenvalue weighted by Gasteiger charge is 2.36. The van der Waals surface area contributed by atoms with Gasteiger partial charge in [-0.1, -0.05) is 50.6 Å². The van der Waals surface area contributed by atoms with Crippen LogP contribution in [0.5, 0.6) is 11.5 Å². The summed E-state index contributed by atoms with van der Waals surface area (Å²) in [6, 6.07) is 16.4. The largest absolute Gasteiger partial charge is 0.492 e. The van der Waals surface area contributed by atoms with Gasteiger partial charge in [-0.25, -0.2) is 9.97 Å². The zero-order valence-electron chi connectivity index (χ0n) is 38.2. The second-order valence-electron chi connectivity index (χ2n) is 16.7. The second kappa shape index (κ2) is 23.5. The van der Waals surface area contributed by atoms with E-state index < -0.39 is 41.5 Å². The number of hydrogen-bond donors (Lipinski definition) is 4. The van der Waals surface area contributed by atoms with Gasteiger partial charge < -0.3 is 36.9 Å². The minimum atomic E-state index is -1.24. The molecule has 15 nitrogen and oxygen atoms in total. The molecular weight excluding hydrogens is 825 g/mol. The molecule has 0 saturated carbocycles. The van der Waals surface area contributed by atoms with Gasteiger partial charge in [0, 0.05) is 80.5 Å². The van der Waals surface area contributed by atoms with E-state index in [0.717, 1.165) is 24.0 Å². The van der Waals surface area contributed by atoms with Crippen molar-refractivity contribution >= 4 is 29.2 Å². The molecule has 4 atom stereocenters. The van der Waals surface area contributed by atoms with E-state index in [4.69, 9.17) is 31.7 Å². The number of likely N-dealkylation sites (N-methyl/N-ethyl adjacent to an activating group) is 1. The van der Waals surface area contributed by atoms with Gasteiger partial charge in [-0.05, 0) is 86.2 Å². The first-order valence-electron chi connectivity index (χ1n) is 22.3. The van der Waals surface area contributed by atoms with Crippen molar-refractivity contribution in [3.05, 3.63) is 94.3 Å². The molecule has 1 aliphatic heterocycles. The first-order chi connectivity index (χ1) is 31.2. The maximum Gasteiger partial charge on any atom is 0.226 e. The highest BCUT2D eigenvalue weighted by atomic mass is 16.5. The average molecular weight is 887 g/mol. The predicted octanol–water partition coefficient (Wildman–Crippen LogP) is 5.30. The number of aromatic nitrogens is 2. The molecule has 2 amide bonds. The summed E-state index contributed by atoms with van der Waals surface area (Å²) < 4.78 is 12.2. The molecule has 1 aromatic heterocycles. The van der Waals surface area contributed by atoms with Gasteiger partial charge in [0.25, 0.3) is 0 Å². The van der Waals surface area contributed by atoms with Crippen molar-refractivity contribution in [2.45, 2.75) is 91.1 Å². The number of amides is 2. The van der Waals surface area contributed by atoms with E-state index in [-0.39, 0.29) is 88.5 Å². The third kappa shape index (κ3) is 12.5. The molecule has 5 rings (SSSR count). The Morgan fingerprint density at radius 2 is 1.62 bits per heavy atom. The van der Waals surface area contributed by atoms with E-state index in [9.17, 15) is 29.2 Å². The molecule has 4 bridgehead atoms. The number of Topliss-reactive ketones (excluding diaryl/α,β-unsaturated/α-hetero) is 3. The fourth-order valence-electron chi connectivity index (χ4n) is 8.27. The summed E-state index contributed by atoms with van der Waals surface area (Å²) >= 11 is 0. The normalized spacial score (nSPS) is 16.7. The monoisotopic (exact) mass is 886 g/mol. The van der Waals surface area contributed by atoms with Crippen LogP contribution in [0.3, 0.4) is 0 Å². The highest BCUT2D eigenvalue weighted by molar-refractivity contribution is 6.00. The Bertz CT molecular complexity index is 2410. The van der Waals surface area contributed by atoms with Crippen molar-refractivity contribution in [3.8, 4) is 40.1 Å². The number of nitriles is 1. The molecule has 65 heavy (non-hydrogen) atoms. The SMILES string of the molecule is CCCc1ccc(-c2ncc(C(=O)C[C@@H](CCN)C(=O)N(C)[C@@H]3C(=O)C[C@@H](C)C(=O)N[C@H](C(=O)CCC#N)Cc4ccc(OCCN)c(c4)-c4cc3ccc4OCCN)c(C)n2)c(C)c1. The Balaban J connectivity index is 1.56. The van der Waals surface area contributed by atoms with Crippen LogP contribution in [0.25, 0.3) is 22.5 Å². The summed E-state index contributed by atoms with van der Waals surface area (Å²) in [7, 11) is 1.50. The number of carbonyl (C=O) groups is 5. The number of nitrogens with two attached hydrogens (primary N) is 3. The van der Waals surface area contributed by atoms with E-state index >= 15 is 0 Å². The first-order valence-corrected chi connectivity index (χ1v) is 22.3. The lowest BCUT2D eigenvalue weighted by Crippen LogP contribution is -2.46. The van der Waals surface area contributed by atoms with Crippen LogP contribution < -0.4 is 32.0 Å². The Morgan fingerprint density at radius 3 is 2.25 bits per heavy atom. The van der Waals surface area contributed by atoms with Gasteiger partial charge in [0.2, 0.25) is 11.8 Å². The van der Waals surface area contributed by atoms with Gasteiger partial charge in [0.15, 0.2) is 23.2 Å². The third-order valence-corrected chi connectivity index (χ3v) is 11.7.